The van der Waals surface area contributed by atoms with Gasteiger partial charge >= 0.3 is 0 Å². The molecule has 0 aliphatic heterocycles. The summed E-state index contributed by atoms with van der Waals surface area (Å²) in [5, 5.41) is 9.97. The van der Waals surface area contributed by atoms with Crippen molar-refractivity contribution in [3.63, 3.8) is 0 Å². The third kappa shape index (κ3) is 2.65. The highest BCUT2D eigenvalue weighted by Gasteiger charge is 2.10. The lowest BCUT2D eigenvalue weighted by Crippen LogP contribution is -2.02. The molecule has 0 aromatic carbocycles. The molecule has 4 heteroatoms. The molecule has 0 saturated carbocycles. The minimum atomic E-state index is -0.536. The van der Waals surface area contributed by atoms with Crippen LogP contribution < -0.4 is 0 Å². The second-order valence-electron chi connectivity index (χ2n) is 3.58. The molecule has 0 fully saturated rings. The minimum absolute atomic E-state index is 0.536. The molecule has 2 heterocycles. The Balaban J connectivity index is 2.05. The van der Waals surface area contributed by atoms with E-state index in [1.54, 1.807) is 23.6 Å². The maximum atomic E-state index is 9.97. The SMILES string of the molecule is CCc1ccc(CC(O)c2ccncn2)s1. The zero-order valence-corrected chi connectivity index (χ0v) is 9.94. The molecule has 3 nitrogen and oxygen atoms in total. The van der Waals surface area contributed by atoms with Crippen LogP contribution in [0.4, 0.5) is 0 Å². The summed E-state index contributed by atoms with van der Waals surface area (Å²) in [6.07, 6.45) is 4.25. The molecular weight excluding hydrogens is 220 g/mol. The molecule has 1 unspecified atom stereocenters. The van der Waals surface area contributed by atoms with Gasteiger partial charge in [0.1, 0.15) is 12.4 Å². The van der Waals surface area contributed by atoms with Crippen molar-refractivity contribution in [3.05, 3.63) is 46.2 Å². The van der Waals surface area contributed by atoms with Crippen LogP contribution >= 0.6 is 11.3 Å². The third-order valence-electron chi connectivity index (χ3n) is 2.41. The van der Waals surface area contributed by atoms with Crippen LogP contribution in [-0.2, 0) is 12.8 Å². The molecule has 84 valence electrons. The summed E-state index contributed by atoms with van der Waals surface area (Å²) in [6.45, 7) is 2.14. The molecule has 2 aromatic rings. The predicted octanol–water partition coefficient (Wildman–Crippen LogP) is 2.38. The molecule has 2 rings (SSSR count). The molecule has 2 aromatic heterocycles. The number of hydrogen-bond donors (Lipinski definition) is 1. The number of rotatable bonds is 4. The zero-order chi connectivity index (χ0) is 11.4. The normalized spacial score (nSPS) is 12.6. The van der Waals surface area contributed by atoms with Gasteiger partial charge in [0.15, 0.2) is 0 Å². The van der Waals surface area contributed by atoms with E-state index in [-0.39, 0.29) is 0 Å². The minimum Gasteiger partial charge on any atom is -0.386 e. The van der Waals surface area contributed by atoms with Crippen LogP contribution in [0.3, 0.4) is 0 Å². The van der Waals surface area contributed by atoms with Gasteiger partial charge in [0, 0.05) is 22.4 Å². The van der Waals surface area contributed by atoms with Crippen molar-refractivity contribution in [1.82, 2.24) is 9.97 Å². The Morgan fingerprint density at radius 2 is 2.12 bits per heavy atom. The number of aliphatic hydroxyl groups is 1. The number of aliphatic hydroxyl groups excluding tert-OH is 1. The fourth-order valence-corrected chi connectivity index (χ4v) is 2.51. The highest BCUT2D eigenvalue weighted by molar-refractivity contribution is 7.11. The Hall–Kier alpha value is -1.26. The van der Waals surface area contributed by atoms with E-state index in [9.17, 15) is 5.11 Å². The van der Waals surface area contributed by atoms with Crippen molar-refractivity contribution in [1.29, 1.82) is 0 Å². The predicted molar refractivity (Wildman–Crippen MR) is 64.4 cm³/mol. The van der Waals surface area contributed by atoms with E-state index in [1.165, 1.54) is 16.1 Å². The number of thiophene rings is 1. The first kappa shape index (κ1) is 11.2. The van der Waals surface area contributed by atoms with Crippen LogP contribution in [0.15, 0.2) is 30.7 Å². The lowest BCUT2D eigenvalue weighted by Gasteiger charge is -2.07. The fourth-order valence-electron chi connectivity index (χ4n) is 1.52. The summed E-state index contributed by atoms with van der Waals surface area (Å²) < 4.78 is 0. The van der Waals surface area contributed by atoms with Gasteiger partial charge in [-0.05, 0) is 24.6 Å². The van der Waals surface area contributed by atoms with E-state index >= 15 is 0 Å². The molecule has 16 heavy (non-hydrogen) atoms. The van der Waals surface area contributed by atoms with Gasteiger partial charge < -0.3 is 5.11 Å². The largest absolute Gasteiger partial charge is 0.386 e. The molecule has 0 amide bonds. The summed E-state index contributed by atoms with van der Waals surface area (Å²) in [7, 11) is 0. The highest BCUT2D eigenvalue weighted by atomic mass is 32.1. The molecule has 1 atom stereocenters. The Morgan fingerprint density at radius 1 is 1.31 bits per heavy atom. The standard InChI is InChI=1S/C12H14N2OS/c1-2-9-3-4-10(16-9)7-12(15)11-5-6-13-8-14-11/h3-6,8,12,15H,2,7H2,1H3. The molecule has 0 aliphatic carbocycles. The van der Waals surface area contributed by atoms with Crippen molar-refractivity contribution in [2.75, 3.05) is 0 Å². The van der Waals surface area contributed by atoms with Crippen molar-refractivity contribution < 1.29 is 5.11 Å². The molecule has 0 aliphatic rings. The number of aryl methyl sites for hydroxylation is 1. The van der Waals surface area contributed by atoms with Gasteiger partial charge in [0.2, 0.25) is 0 Å². The van der Waals surface area contributed by atoms with Gasteiger partial charge in [-0.1, -0.05) is 6.92 Å². The Bertz CT molecular complexity index is 441. The molecule has 0 radical (unpaired) electrons. The van der Waals surface area contributed by atoms with Crippen LogP contribution in [0.5, 0.6) is 0 Å². The molecule has 0 saturated heterocycles. The van der Waals surface area contributed by atoms with E-state index in [0.29, 0.717) is 12.1 Å². The topological polar surface area (TPSA) is 46.0 Å². The van der Waals surface area contributed by atoms with Gasteiger partial charge in [-0.3, -0.25) is 0 Å². The molecule has 1 N–H and O–H groups in total. The molecular formula is C12H14N2OS. The van der Waals surface area contributed by atoms with Crippen molar-refractivity contribution in [3.8, 4) is 0 Å². The number of nitrogens with zero attached hydrogens (tertiary/aromatic N) is 2. The Labute approximate surface area is 98.8 Å². The van der Waals surface area contributed by atoms with Crippen LogP contribution in [0, 0.1) is 0 Å². The average Bonchev–Trinajstić information content (AvgIpc) is 2.78. The van der Waals surface area contributed by atoms with E-state index < -0.39 is 6.10 Å². The summed E-state index contributed by atoms with van der Waals surface area (Å²) >= 11 is 1.75. The lowest BCUT2D eigenvalue weighted by atomic mass is 10.1. The first-order valence-electron chi connectivity index (χ1n) is 5.31. The van der Waals surface area contributed by atoms with Crippen molar-refractivity contribution in [2.24, 2.45) is 0 Å². The molecule has 0 spiro atoms. The quantitative estimate of drug-likeness (QED) is 0.883. The maximum absolute atomic E-state index is 9.97. The van der Waals surface area contributed by atoms with E-state index in [1.807, 2.05) is 0 Å². The molecule has 0 bridgehead atoms. The van der Waals surface area contributed by atoms with Gasteiger partial charge in [-0.2, -0.15) is 0 Å². The Kier molecular flexibility index (Phi) is 3.64. The van der Waals surface area contributed by atoms with Crippen molar-refractivity contribution in [2.45, 2.75) is 25.9 Å². The van der Waals surface area contributed by atoms with Gasteiger partial charge in [-0.25, -0.2) is 9.97 Å². The summed E-state index contributed by atoms with van der Waals surface area (Å²) in [5.41, 5.74) is 0.682. The van der Waals surface area contributed by atoms with Crippen LogP contribution in [0.2, 0.25) is 0 Å². The summed E-state index contributed by atoms with van der Waals surface area (Å²) in [5.74, 6) is 0. The van der Waals surface area contributed by atoms with E-state index in [4.69, 9.17) is 0 Å². The summed E-state index contributed by atoms with van der Waals surface area (Å²) in [6, 6.07) is 5.94. The first-order chi connectivity index (χ1) is 7.79. The van der Waals surface area contributed by atoms with E-state index in [0.717, 1.165) is 6.42 Å². The van der Waals surface area contributed by atoms with Gasteiger partial charge in [0.25, 0.3) is 0 Å². The van der Waals surface area contributed by atoms with Crippen LogP contribution in [0.25, 0.3) is 0 Å². The van der Waals surface area contributed by atoms with E-state index in [2.05, 4.69) is 29.0 Å². The first-order valence-corrected chi connectivity index (χ1v) is 6.12. The fraction of sp³-hybridized carbons (Fsp3) is 0.333. The van der Waals surface area contributed by atoms with Crippen molar-refractivity contribution >= 4 is 11.3 Å². The average molecular weight is 234 g/mol. The van der Waals surface area contributed by atoms with Crippen LogP contribution in [-0.4, -0.2) is 15.1 Å². The third-order valence-corrected chi connectivity index (χ3v) is 3.66. The van der Waals surface area contributed by atoms with Gasteiger partial charge in [-0.15, -0.1) is 11.3 Å². The zero-order valence-electron chi connectivity index (χ0n) is 9.13. The smallest absolute Gasteiger partial charge is 0.115 e. The summed E-state index contributed by atoms with van der Waals surface area (Å²) in [4.78, 5) is 10.4. The van der Waals surface area contributed by atoms with Crippen LogP contribution in [0.1, 0.15) is 28.5 Å². The second-order valence-corrected chi connectivity index (χ2v) is 4.83. The highest BCUT2D eigenvalue weighted by Crippen LogP contribution is 2.22. The number of hydrogen-bond acceptors (Lipinski definition) is 4. The number of aromatic nitrogens is 2. The maximum Gasteiger partial charge on any atom is 0.115 e. The van der Waals surface area contributed by atoms with Gasteiger partial charge in [0.05, 0.1) is 5.69 Å². The monoisotopic (exact) mass is 234 g/mol. The lowest BCUT2D eigenvalue weighted by molar-refractivity contribution is 0.174. The second kappa shape index (κ2) is 5.18. The Morgan fingerprint density at radius 3 is 2.75 bits per heavy atom.